The highest BCUT2D eigenvalue weighted by Crippen LogP contribution is 2.39. The number of aliphatic hydroxyl groups is 2. The number of benzene rings is 2. The van der Waals surface area contributed by atoms with Crippen molar-refractivity contribution in [2.45, 2.75) is 192 Å². The van der Waals surface area contributed by atoms with Crippen LogP contribution in [0.25, 0.3) is 17.2 Å². The Morgan fingerprint density at radius 2 is 1.59 bits per heavy atom. The standard InChI is InChI=1S/C57H84N2O16/c1-12-46(63)71-45-32-48(65)70-43(25-18-21-39-20-17-24-41(31-39)40-22-15-14-16-23-40)26-19-28-59(10)34-44(62)35(3)30-42(27-29-60)53(54(45)67-11)74-56-51(66)50(58(8)9)52(36(4)69-56)73-49-33-57(7,75-38(6)61)55(37(5)68-49)72-47(64)13-2/h14-18,20-24,29,31,35-37,42-45,49-56,62,66H,12-13,19,25-28,30,32-34H2,1-11H3/b21-18+/t35-,36?,37?,42+,43+,44+,45-,49+,50?,51?,52-,53+,54+,55+,56+,57?/m1/s1. The third kappa shape index (κ3) is 17.4. The van der Waals surface area contributed by atoms with E-state index in [0.29, 0.717) is 32.4 Å². The fourth-order valence-corrected chi connectivity index (χ4v) is 10.7. The summed E-state index contributed by atoms with van der Waals surface area (Å²) in [6.07, 6.45) is -6.30. The number of rotatable bonds is 17. The third-order valence-corrected chi connectivity index (χ3v) is 14.5. The average molecular weight is 1050 g/mol. The Morgan fingerprint density at radius 1 is 0.893 bits per heavy atom. The van der Waals surface area contributed by atoms with Crippen molar-refractivity contribution < 1.29 is 76.8 Å². The summed E-state index contributed by atoms with van der Waals surface area (Å²) < 4.78 is 56.3. The minimum Gasteiger partial charge on any atom is -0.462 e. The summed E-state index contributed by atoms with van der Waals surface area (Å²) in [5.74, 6) is -3.45. The van der Waals surface area contributed by atoms with Gasteiger partial charge in [0.1, 0.15) is 36.8 Å². The van der Waals surface area contributed by atoms with Crippen LogP contribution in [0.2, 0.25) is 0 Å². The molecule has 5 rings (SSSR count). The molecule has 0 aliphatic carbocycles. The molecule has 3 aliphatic heterocycles. The number of β-amino-alcohol motifs (C(OH)–C–C–N with tert-alkyl or cyclic N) is 1. The number of carbonyl (C=O) groups is 5. The van der Waals surface area contributed by atoms with Crippen molar-refractivity contribution in [3.8, 4) is 11.1 Å². The number of likely N-dealkylation sites (N-methyl/N-ethyl adjacent to an activating group) is 2. The first-order valence-corrected chi connectivity index (χ1v) is 26.6. The molecule has 18 nitrogen and oxygen atoms in total. The first kappa shape index (κ1) is 61.2. The first-order chi connectivity index (χ1) is 35.7. The Morgan fingerprint density at radius 3 is 2.24 bits per heavy atom. The Labute approximate surface area is 443 Å². The van der Waals surface area contributed by atoms with Gasteiger partial charge in [-0.05, 0) is 102 Å². The van der Waals surface area contributed by atoms with Gasteiger partial charge in [-0.1, -0.05) is 81.5 Å². The minimum atomic E-state index is -1.44. The second-order valence-corrected chi connectivity index (χ2v) is 20.9. The van der Waals surface area contributed by atoms with E-state index in [1.165, 1.54) is 14.0 Å². The number of methoxy groups -OCH3 is 1. The smallest absolute Gasteiger partial charge is 0.309 e. The fourth-order valence-electron chi connectivity index (χ4n) is 10.7. The Balaban J connectivity index is 1.45. The van der Waals surface area contributed by atoms with Gasteiger partial charge in [-0.3, -0.25) is 19.2 Å². The van der Waals surface area contributed by atoms with Crippen molar-refractivity contribution in [1.29, 1.82) is 0 Å². The van der Waals surface area contributed by atoms with Gasteiger partial charge in [-0.2, -0.15) is 0 Å². The van der Waals surface area contributed by atoms with Gasteiger partial charge in [0.15, 0.2) is 24.3 Å². The molecule has 0 radical (unpaired) electrons. The van der Waals surface area contributed by atoms with Crippen LogP contribution >= 0.6 is 0 Å². The number of hydrogen-bond acceptors (Lipinski definition) is 18. The summed E-state index contributed by atoms with van der Waals surface area (Å²) in [6.45, 7) is 12.4. The monoisotopic (exact) mass is 1050 g/mol. The largest absolute Gasteiger partial charge is 0.462 e. The zero-order chi connectivity index (χ0) is 55.0. The highest BCUT2D eigenvalue weighted by Gasteiger charge is 2.54. The number of aldehydes is 1. The van der Waals surface area contributed by atoms with Crippen LogP contribution in [0, 0.1) is 11.8 Å². The van der Waals surface area contributed by atoms with Gasteiger partial charge in [0.2, 0.25) is 0 Å². The van der Waals surface area contributed by atoms with Crippen LogP contribution in [0.5, 0.6) is 0 Å². The molecule has 2 aromatic rings. The summed E-state index contributed by atoms with van der Waals surface area (Å²) in [6, 6.07) is 17.4. The maximum Gasteiger partial charge on any atom is 0.309 e. The van der Waals surface area contributed by atoms with Gasteiger partial charge in [-0.25, -0.2) is 0 Å². The van der Waals surface area contributed by atoms with E-state index in [1.54, 1.807) is 53.6 Å². The molecule has 418 valence electrons. The maximum atomic E-state index is 14.3. The molecule has 0 spiro atoms. The normalized spacial score (nSPS) is 33.8. The molecule has 75 heavy (non-hydrogen) atoms. The van der Waals surface area contributed by atoms with E-state index in [9.17, 15) is 34.2 Å². The fraction of sp³-hybridized carbons (Fsp3) is 0.667. The van der Waals surface area contributed by atoms with Gasteiger partial charge in [-0.15, -0.1) is 0 Å². The average Bonchev–Trinajstić information content (AvgIpc) is 3.35. The number of carbonyl (C=O) groups excluding carboxylic acids is 5. The third-order valence-electron chi connectivity index (χ3n) is 14.5. The van der Waals surface area contributed by atoms with Crippen molar-refractivity contribution in [1.82, 2.24) is 9.80 Å². The topological polar surface area (TPSA) is 215 Å². The molecule has 2 aromatic carbocycles. The molecule has 3 saturated heterocycles. The van der Waals surface area contributed by atoms with Gasteiger partial charge in [0, 0.05) is 52.7 Å². The minimum absolute atomic E-state index is 0.0237. The van der Waals surface area contributed by atoms with Crippen LogP contribution in [0.15, 0.2) is 60.7 Å². The van der Waals surface area contributed by atoms with Crippen LogP contribution in [0.4, 0.5) is 0 Å². The lowest BCUT2D eigenvalue weighted by Crippen LogP contribution is -2.66. The summed E-state index contributed by atoms with van der Waals surface area (Å²) in [5, 5.41) is 24.1. The lowest BCUT2D eigenvalue weighted by molar-refractivity contribution is -0.344. The lowest BCUT2D eigenvalue weighted by atomic mass is 9.82. The molecule has 0 saturated carbocycles. The number of cyclic esters (lactones) is 1. The van der Waals surface area contributed by atoms with E-state index in [2.05, 4.69) is 24.3 Å². The summed E-state index contributed by atoms with van der Waals surface area (Å²) in [7, 11) is 6.82. The van der Waals surface area contributed by atoms with Gasteiger partial charge >= 0.3 is 23.9 Å². The van der Waals surface area contributed by atoms with Gasteiger partial charge < -0.3 is 67.4 Å². The van der Waals surface area contributed by atoms with Crippen molar-refractivity contribution in [3.05, 3.63) is 66.2 Å². The molecule has 2 N–H and O–H groups in total. The van der Waals surface area contributed by atoms with Crippen molar-refractivity contribution in [2.24, 2.45) is 11.8 Å². The second kappa shape index (κ2) is 29.2. The molecule has 18 heteroatoms. The molecule has 0 amide bonds. The Kier molecular flexibility index (Phi) is 23.8. The molecular formula is C57H84N2O16. The van der Waals surface area contributed by atoms with Crippen LogP contribution in [-0.2, 0) is 66.6 Å². The zero-order valence-electron chi connectivity index (χ0n) is 45.9. The quantitative estimate of drug-likeness (QED) is 0.101. The van der Waals surface area contributed by atoms with Crippen molar-refractivity contribution in [2.75, 3.05) is 41.3 Å². The van der Waals surface area contributed by atoms with Gasteiger partial charge in [0.05, 0.1) is 36.9 Å². The lowest BCUT2D eigenvalue weighted by Gasteiger charge is -2.50. The van der Waals surface area contributed by atoms with E-state index >= 15 is 0 Å². The summed E-state index contributed by atoms with van der Waals surface area (Å²) >= 11 is 0. The van der Waals surface area contributed by atoms with Crippen LogP contribution in [0.1, 0.15) is 112 Å². The maximum absolute atomic E-state index is 14.3. The van der Waals surface area contributed by atoms with E-state index in [0.717, 1.165) is 23.0 Å². The number of aliphatic hydroxyl groups excluding tert-OH is 2. The van der Waals surface area contributed by atoms with E-state index < -0.39 is 127 Å². The zero-order valence-corrected chi connectivity index (χ0v) is 45.9. The highest BCUT2D eigenvalue weighted by molar-refractivity contribution is 5.73. The number of hydrogen-bond donors (Lipinski definition) is 2. The second-order valence-electron chi connectivity index (χ2n) is 20.9. The van der Waals surface area contributed by atoms with Crippen LogP contribution in [0.3, 0.4) is 0 Å². The van der Waals surface area contributed by atoms with Crippen molar-refractivity contribution >= 4 is 36.2 Å². The molecule has 3 aliphatic rings. The van der Waals surface area contributed by atoms with Crippen molar-refractivity contribution in [3.63, 3.8) is 0 Å². The van der Waals surface area contributed by atoms with Crippen LogP contribution in [-0.4, -0.2) is 177 Å². The first-order valence-electron chi connectivity index (χ1n) is 26.6. The SMILES string of the molecule is CCC(=O)O[C@@H]1CC(=O)O[C@@H](C/C=C/c2cccc(-c3ccccc3)c2)CCCN(C)C[C@H](O)[C@H](C)C[C@H](CC=O)[C@H](O[C@@H]2OC(C)[C@@H](O[C@H]3CC(C)(OC(C)=O)[C@@H](OC(=O)CC)C(C)O3)C(N(C)C)C2O)[C@H]1OC. The molecular weight excluding hydrogens is 969 g/mol. The van der Waals surface area contributed by atoms with Crippen LogP contribution < -0.4 is 0 Å². The van der Waals surface area contributed by atoms with E-state index in [4.69, 9.17) is 42.6 Å². The van der Waals surface area contributed by atoms with E-state index in [1.807, 2.05) is 61.4 Å². The molecule has 16 atom stereocenters. The number of nitrogens with zero attached hydrogens (tertiary/aromatic N) is 2. The Bertz CT molecular complexity index is 2160. The highest BCUT2D eigenvalue weighted by atomic mass is 16.7. The summed E-state index contributed by atoms with van der Waals surface area (Å²) in [4.78, 5) is 68.9. The van der Waals surface area contributed by atoms with E-state index in [-0.39, 0.29) is 32.1 Å². The summed E-state index contributed by atoms with van der Waals surface area (Å²) in [5.41, 5.74) is 1.81. The molecule has 3 heterocycles. The number of ether oxygens (including phenoxy) is 9. The molecule has 0 bridgehead atoms. The molecule has 0 aromatic heterocycles. The predicted molar refractivity (Wildman–Crippen MR) is 279 cm³/mol. The van der Waals surface area contributed by atoms with Gasteiger partial charge in [0.25, 0.3) is 0 Å². The number of esters is 4. The predicted octanol–water partition coefficient (Wildman–Crippen LogP) is 6.30. The molecule has 5 unspecified atom stereocenters. The molecule has 3 fully saturated rings. The Hall–Kier alpha value is -4.63.